The van der Waals surface area contributed by atoms with E-state index in [4.69, 9.17) is 5.11 Å². The number of aliphatic hydroxyl groups excluding tert-OH is 1. The van der Waals surface area contributed by atoms with Gasteiger partial charge in [-0.3, -0.25) is 4.68 Å². The van der Waals surface area contributed by atoms with Crippen molar-refractivity contribution in [3.8, 4) is 0 Å². The number of fused-ring (bicyclic) bond motifs is 1. The van der Waals surface area contributed by atoms with Crippen LogP contribution in [0.3, 0.4) is 0 Å². The molecule has 2 aromatic rings. The van der Waals surface area contributed by atoms with E-state index in [0.717, 1.165) is 49.0 Å². The first-order valence-electron chi connectivity index (χ1n) is 8.80. The van der Waals surface area contributed by atoms with Gasteiger partial charge in [0.2, 0.25) is 0 Å². The smallest absolute Gasteiger partial charge is 0.135 e. The highest BCUT2D eigenvalue weighted by molar-refractivity contribution is 5.24. The van der Waals surface area contributed by atoms with Crippen LogP contribution in [0.5, 0.6) is 0 Å². The maximum absolute atomic E-state index is 9.13. The van der Waals surface area contributed by atoms with Crippen molar-refractivity contribution < 1.29 is 5.11 Å². The van der Waals surface area contributed by atoms with Gasteiger partial charge >= 0.3 is 0 Å². The molecule has 0 saturated carbocycles. The fraction of sp³-hybridized carbons (Fsp3) is 0.706. The van der Waals surface area contributed by atoms with Crippen molar-refractivity contribution in [3.05, 3.63) is 28.6 Å². The van der Waals surface area contributed by atoms with Crippen LogP contribution in [0.2, 0.25) is 0 Å². The number of nitrogens with one attached hydrogen (secondary N) is 1. The Hall–Kier alpha value is -1.73. The van der Waals surface area contributed by atoms with E-state index < -0.39 is 0 Å². The maximum atomic E-state index is 9.13. The lowest BCUT2D eigenvalue weighted by Gasteiger charge is -2.26. The fourth-order valence-electron chi connectivity index (χ4n) is 3.49. The molecule has 0 bridgehead atoms. The molecular weight excluding hydrogens is 304 g/mol. The second-order valence-electron chi connectivity index (χ2n) is 6.95. The van der Waals surface area contributed by atoms with Crippen LogP contribution < -0.4 is 5.32 Å². The number of rotatable bonds is 6. The SMILES string of the molecule is Cc1nn(CCO)c(C)c1CNC1CCc2nnc(C(C)C)n2C1. The third-order valence-corrected chi connectivity index (χ3v) is 4.90. The Bertz CT molecular complexity index is 702. The van der Waals surface area contributed by atoms with Gasteiger partial charge in [-0.25, -0.2) is 0 Å². The molecule has 7 nitrogen and oxygen atoms in total. The predicted molar refractivity (Wildman–Crippen MR) is 91.8 cm³/mol. The van der Waals surface area contributed by atoms with Crippen LogP contribution >= 0.6 is 0 Å². The first-order valence-corrected chi connectivity index (χ1v) is 8.80. The van der Waals surface area contributed by atoms with Gasteiger partial charge < -0.3 is 15.0 Å². The van der Waals surface area contributed by atoms with Crippen LogP contribution in [0.4, 0.5) is 0 Å². The minimum atomic E-state index is 0.117. The van der Waals surface area contributed by atoms with Crippen molar-refractivity contribution in [1.82, 2.24) is 29.9 Å². The van der Waals surface area contributed by atoms with Gasteiger partial charge in [-0.2, -0.15) is 5.10 Å². The van der Waals surface area contributed by atoms with E-state index in [1.54, 1.807) is 0 Å². The summed E-state index contributed by atoms with van der Waals surface area (Å²) in [6, 6.07) is 0.422. The van der Waals surface area contributed by atoms with Crippen LogP contribution in [0.1, 0.15) is 54.8 Å². The molecule has 0 aromatic carbocycles. The van der Waals surface area contributed by atoms with Crippen molar-refractivity contribution in [2.24, 2.45) is 0 Å². The summed E-state index contributed by atoms with van der Waals surface area (Å²) < 4.78 is 4.17. The molecule has 0 saturated heterocycles. The number of nitrogens with zero attached hydrogens (tertiary/aromatic N) is 5. The Morgan fingerprint density at radius 2 is 2.08 bits per heavy atom. The van der Waals surface area contributed by atoms with Crippen molar-refractivity contribution in [3.63, 3.8) is 0 Å². The van der Waals surface area contributed by atoms with E-state index in [1.807, 2.05) is 11.6 Å². The number of aliphatic hydroxyl groups is 1. The van der Waals surface area contributed by atoms with E-state index in [0.29, 0.717) is 18.5 Å². The van der Waals surface area contributed by atoms with E-state index >= 15 is 0 Å². The van der Waals surface area contributed by atoms with Crippen molar-refractivity contribution in [1.29, 1.82) is 0 Å². The van der Waals surface area contributed by atoms with Crippen LogP contribution in [-0.2, 0) is 26.1 Å². The molecule has 24 heavy (non-hydrogen) atoms. The van der Waals surface area contributed by atoms with Crippen molar-refractivity contribution in [2.75, 3.05) is 6.61 Å². The Morgan fingerprint density at radius 1 is 1.29 bits per heavy atom. The molecule has 3 heterocycles. The highest BCUT2D eigenvalue weighted by atomic mass is 16.3. The molecule has 132 valence electrons. The zero-order valence-electron chi connectivity index (χ0n) is 15.1. The molecule has 0 fully saturated rings. The molecule has 0 amide bonds. The topological polar surface area (TPSA) is 80.8 Å². The lowest BCUT2D eigenvalue weighted by atomic mass is 10.1. The molecule has 7 heteroatoms. The zero-order chi connectivity index (χ0) is 17.3. The molecule has 0 spiro atoms. The third-order valence-electron chi connectivity index (χ3n) is 4.90. The maximum Gasteiger partial charge on any atom is 0.135 e. The average molecular weight is 332 g/mol. The van der Waals surface area contributed by atoms with Gasteiger partial charge in [-0.1, -0.05) is 13.8 Å². The molecule has 1 atom stereocenters. The van der Waals surface area contributed by atoms with Crippen LogP contribution in [0.15, 0.2) is 0 Å². The van der Waals surface area contributed by atoms with Gasteiger partial charge in [0.15, 0.2) is 0 Å². The molecule has 1 unspecified atom stereocenters. The Kier molecular flexibility index (Phi) is 5.01. The first kappa shape index (κ1) is 17.1. The van der Waals surface area contributed by atoms with E-state index in [2.05, 4.69) is 46.0 Å². The average Bonchev–Trinajstić information content (AvgIpc) is 3.08. The molecular formula is C17H28N6O. The number of aryl methyl sites for hydroxylation is 2. The Morgan fingerprint density at radius 3 is 2.79 bits per heavy atom. The largest absolute Gasteiger partial charge is 0.394 e. The Balaban J connectivity index is 1.67. The van der Waals surface area contributed by atoms with Gasteiger partial charge in [0, 0.05) is 42.7 Å². The van der Waals surface area contributed by atoms with E-state index in [9.17, 15) is 0 Å². The molecule has 2 aromatic heterocycles. The van der Waals surface area contributed by atoms with Gasteiger partial charge in [-0.05, 0) is 20.3 Å². The van der Waals surface area contributed by atoms with Gasteiger partial charge in [0.05, 0.1) is 18.8 Å². The number of hydrogen-bond acceptors (Lipinski definition) is 5. The highest BCUT2D eigenvalue weighted by Crippen LogP contribution is 2.21. The Labute approximate surface area is 143 Å². The summed E-state index contributed by atoms with van der Waals surface area (Å²) in [7, 11) is 0. The molecule has 0 aliphatic carbocycles. The molecule has 1 aliphatic rings. The van der Waals surface area contributed by atoms with Crippen LogP contribution in [0.25, 0.3) is 0 Å². The zero-order valence-corrected chi connectivity index (χ0v) is 15.1. The summed E-state index contributed by atoms with van der Waals surface area (Å²) >= 11 is 0. The summed E-state index contributed by atoms with van der Waals surface area (Å²) in [5.41, 5.74) is 3.41. The van der Waals surface area contributed by atoms with Crippen molar-refractivity contribution in [2.45, 2.75) is 72.1 Å². The molecule has 0 radical (unpaired) electrons. The molecule has 2 N–H and O–H groups in total. The second-order valence-corrected chi connectivity index (χ2v) is 6.95. The van der Waals surface area contributed by atoms with Crippen LogP contribution in [-0.4, -0.2) is 42.3 Å². The lowest BCUT2D eigenvalue weighted by Crippen LogP contribution is -2.37. The van der Waals surface area contributed by atoms with Gasteiger partial charge in [-0.15, -0.1) is 10.2 Å². The molecule has 3 rings (SSSR count). The fourth-order valence-corrected chi connectivity index (χ4v) is 3.49. The van der Waals surface area contributed by atoms with E-state index in [-0.39, 0.29) is 6.61 Å². The van der Waals surface area contributed by atoms with Gasteiger partial charge in [0.25, 0.3) is 0 Å². The minimum Gasteiger partial charge on any atom is -0.394 e. The van der Waals surface area contributed by atoms with Crippen LogP contribution in [0, 0.1) is 13.8 Å². The summed E-state index contributed by atoms with van der Waals surface area (Å²) in [6.45, 7) is 10.8. The summed E-state index contributed by atoms with van der Waals surface area (Å²) in [5.74, 6) is 2.59. The molecule has 1 aliphatic heterocycles. The predicted octanol–water partition coefficient (Wildman–Crippen LogP) is 1.31. The number of aromatic nitrogens is 5. The normalized spacial score (nSPS) is 17.5. The third kappa shape index (κ3) is 3.23. The number of hydrogen-bond donors (Lipinski definition) is 2. The first-order chi connectivity index (χ1) is 11.5. The lowest BCUT2D eigenvalue weighted by molar-refractivity contribution is 0.267. The van der Waals surface area contributed by atoms with E-state index in [1.165, 1.54) is 5.56 Å². The summed E-state index contributed by atoms with van der Waals surface area (Å²) in [5, 5.41) is 26.0. The minimum absolute atomic E-state index is 0.117. The standard InChI is InChI=1S/C17H28N6O/c1-11(2)17-20-19-16-6-5-14(10-22(16)17)18-9-15-12(3)21-23(7-8-24)13(15)4/h11,14,18,24H,5-10H2,1-4H3. The highest BCUT2D eigenvalue weighted by Gasteiger charge is 2.24. The van der Waals surface area contributed by atoms with Gasteiger partial charge in [0.1, 0.15) is 11.6 Å². The quantitative estimate of drug-likeness (QED) is 0.834. The van der Waals surface area contributed by atoms with Crippen molar-refractivity contribution >= 4 is 0 Å². The monoisotopic (exact) mass is 332 g/mol. The summed E-state index contributed by atoms with van der Waals surface area (Å²) in [4.78, 5) is 0. The second kappa shape index (κ2) is 7.03. The summed E-state index contributed by atoms with van der Waals surface area (Å²) in [6.07, 6.45) is 2.05.